The summed E-state index contributed by atoms with van der Waals surface area (Å²) < 4.78 is 15.3. The Morgan fingerprint density at radius 1 is 0.711 bits per heavy atom. The van der Waals surface area contributed by atoms with Crippen molar-refractivity contribution in [2.75, 3.05) is 0 Å². The van der Waals surface area contributed by atoms with Gasteiger partial charge in [-0.25, -0.2) is 19.2 Å². The van der Waals surface area contributed by atoms with E-state index in [0.29, 0.717) is 17.0 Å². The van der Waals surface area contributed by atoms with E-state index >= 15 is 4.39 Å². The first kappa shape index (κ1) is 29.5. The van der Waals surface area contributed by atoms with Crippen LogP contribution in [0.1, 0.15) is 112 Å². The number of aryl methyl sites for hydroxylation is 2. The van der Waals surface area contributed by atoms with Crippen molar-refractivity contribution in [1.29, 1.82) is 0 Å². The maximum absolute atomic E-state index is 15.3. The Balaban J connectivity index is 1.68. The maximum atomic E-state index is 15.3. The van der Waals surface area contributed by atoms with Crippen LogP contribution in [0, 0.1) is 5.82 Å². The van der Waals surface area contributed by atoms with E-state index in [1.54, 1.807) is 18.2 Å². The number of hydrogen-bond acceptors (Lipinski definition) is 3. The monoisotopic (exact) mass is 518 g/mol. The molecule has 1 heterocycles. The number of aromatic nitrogens is 2. The normalized spacial score (nSPS) is 11.1. The van der Waals surface area contributed by atoms with Crippen LogP contribution in [0.25, 0.3) is 22.5 Å². The van der Waals surface area contributed by atoms with Gasteiger partial charge in [0.15, 0.2) is 5.82 Å². The van der Waals surface area contributed by atoms with Gasteiger partial charge in [0.2, 0.25) is 0 Å². The van der Waals surface area contributed by atoms with Crippen molar-refractivity contribution in [3.8, 4) is 22.5 Å². The van der Waals surface area contributed by atoms with Gasteiger partial charge in [0.1, 0.15) is 5.82 Å². The number of rotatable bonds is 17. The van der Waals surface area contributed by atoms with Crippen LogP contribution in [0.2, 0.25) is 0 Å². The first-order chi connectivity index (χ1) is 18.5. The van der Waals surface area contributed by atoms with Crippen LogP contribution in [0.3, 0.4) is 0 Å². The fourth-order valence-electron chi connectivity index (χ4n) is 4.88. The van der Waals surface area contributed by atoms with Gasteiger partial charge in [0.25, 0.3) is 0 Å². The number of hydrogen-bond donors (Lipinski definition) is 1. The molecular formula is C33H43FN2O2. The van der Waals surface area contributed by atoms with Crippen LogP contribution < -0.4 is 0 Å². The molecule has 3 rings (SSSR count). The summed E-state index contributed by atoms with van der Waals surface area (Å²) >= 11 is 0. The number of carboxylic acids is 1. The highest BCUT2D eigenvalue weighted by molar-refractivity contribution is 5.96. The van der Waals surface area contributed by atoms with E-state index in [9.17, 15) is 9.90 Å². The minimum atomic E-state index is -1.06. The standard InChI is InChI=1S/C33H43FN2O2/c1-3-5-7-9-11-13-15-25-17-19-29(33(37)38)30(21-25)28-20-18-27(22-31(28)34)32-35-23-26(24-36-32)16-14-12-10-8-6-4-2/h17-24H,3-16H2,1-2H3,(H,37,38). The third kappa shape index (κ3) is 9.04. The van der Waals surface area contributed by atoms with Gasteiger partial charge < -0.3 is 5.11 Å². The molecule has 1 N–H and O–H groups in total. The number of nitrogens with zero attached hydrogens (tertiary/aromatic N) is 2. The van der Waals surface area contributed by atoms with Gasteiger partial charge >= 0.3 is 5.97 Å². The van der Waals surface area contributed by atoms with Crippen molar-refractivity contribution in [3.05, 3.63) is 71.3 Å². The zero-order chi connectivity index (χ0) is 27.2. The number of carbonyl (C=O) groups is 1. The zero-order valence-corrected chi connectivity index (χ0v) is 23.1. The number of benzene rings is 2. The predicted octanol–water partition coefficient (Wildman–Crippen LogP) is 9.45. The molecule has 0 saturated heterocycles. The Labute approximate surface area is 227 Å². The molecule has 0 aliphatic rings. The van der Waals surface area contributed by atoms with Crippen molar-refractivity contribution in [2.24, 2.45) is 0 Å². The van der Waals surface area contributed by atoms with Gasteiger partial charge in [0, 0.05) is 23.5 Å². The van der Waals surface area contributed by atoms with Gasteiger partial charge in [-0.15, -0.1) is 0 Å². The summed E-state index contributed by atoms with van der Waals surface area (Å²) in [6.07, 6.45) is 20.1. The molecule has 38 heavy (non-hydrogen) atoms. The molecule has 0 bridgehead atoms. The number of halogens is 1. The summed E-state index contributed by atoms with van der Waals surface area (Å²) in [6.45, 7) is 4.43. The smallest absolute Gasteiger partial charge is 0.336 e. The third-order valence-corrected chi connectivity index (χ3v) is 7.18. The summed E-state index contributed by atoms with van der Waals surface area (Å²) in [7, 11) is 0. The second-order valence-electron chi connectivity index (χ2n) is 10.3. The van der Waals surface area contributed by atoms with Gasteiger partial charge in [-0.2, -0.15) is 0 Å². The molecule has 0 atom stereocenters. The fourth-order valence-corrected chi connectivity index (χ4v) is 4.88. The number of unbranched alkanes of at least 4 members (excludes halogenated alkanes) is 10. The molecule has 0 spiro atoms. The van der Waals surface area contributed by atoms with Crippen molar-refractivity contribution >= 4 is 5.97 Å². The highest BCUT2D eigenvalue weighted by atomic mass is 19.1. The van der Waals surface area contributed by atoms with E-state index in [4.69, 9.17) is 0 Å². The predicted molar refractivity (Wildman–Crippen MR) is 154 cm³/mol. The first-order valence-electron chi connectivity index (χ1n) is 14.5. The summed E-state index contributed by atoms with van der Waals surface area (Å²) in [6, 6.07) is 10.1. The average Bonchev–Trinajstić information content (AvgIpc) is 2.92. The molecule has 0 saturated carbocycles. The average molecular weight is 519 g/mol. The van der Waals surface area contributed by atoms with Crippen LogP contribution in [0.5, 0.6) is 0 Å². The van der Waals surface area contributed by atoms with E-state index in [-0.39, 0.29) is 11.1 Å². The Hall–Kier alpha value is -3.08. The Morgan fingerprint density at radius 2 is 1.29 bits per heavy atom. The van der Waals surface area contributed by atoms with Gasteiger partial charge in [-0.05, 0) is 54.5 Å². The molecule has 5 heteroatoms. The molecule has 4 nitrogen and oxygen atoms in total. The molecule has 0 amide bonds. The van der Waals surface area contributed by atoms with E-state index in [1.165, 1.54) is 63.9 Å². The highest BCUT2D eigenvalue weighted by Crippen LogP contribution is 2.31. The molecule has 0 aliphatic carbocycles. The van der Waals surface area contributed by atoms with Crippen LogP contribution >= 0.6 is 0 Å². The summed E-state index contributed by atoms with van der Waals surface area (Å²) in [5.41, 5.74) is 3.52. The molecule has 1 aromatic heterocycles. The zero-order valence-electron chi connectivity index (χ0n) is 23.1. The van der Waals surface area contributed by atoms with Crippen LogP contribution in [0.4, 0.5) is 4.39 Å². The van der Waals surface area contributed by atoms with Gasteiger partial charge in [-0.3, -0.25) is 0 Å². The molecule has 2 aromatic carbocycles. The third-order valence-electron chi connectivity index (χ3n) is 7.18. The van der Waals surface area contributed by atoms with Crippen molar-refractivity contribution in [1.82, 2.24) is 9.97 Å². The molecule has 0 unspecified atom stereocenters. The van der Waals surface area contributed by atoms with Crippen LogP contribution in [-0.4, -0.2) is 21.0 Å². The lowest BCUT2D eigenvalue weighted by atomic mass is 9.94. The molecular weight excluding hydrogens is 475 g/mol. The lowest BCUT2D eigenvalue weighted by Gasteiger charge is -2.12. The van der Waals surface area contributed by atoms with Crippen LogP contribution in [-0.2, 0) is 12.8 Å². The fraction of sp³-hybridized carbons (Fsp3) is 0.485. The topological polar surface area (TPSA) is 63.1 Å². The van der Waals surface area contributed by atoms with Crippen molar-refractivity contribution < 1.29 is 14.3 Å². The minimum absolute atomic E-state index is 0.110. The van der Waals surface area contributed by atoms with Gasteiger partial charge in [0.05, 0.1) is 5.56 Å². The highest BCUT2D eigenvalue weighted by Gasteiger charge is 2.17. The number of carboxylic acid groups (broad SMARTS) is 1. The van der Waals surface area contributed by atoms with Gasteiger partial charge in [-0.1, -0.05) is 102 Å². The lowest BCUT2D eigenvalue weighted by molar-refractivity contribution is 0.0697. The van der Waals surface area contributed by atoms with E-state index in [2.05, 4.69) is 23.8 Å². The second kappa shape index (κ2) is 16.0. The minimum Gasteiger partial charge on any atom is -0.478 e. The largest absolute Gasteiger partial charge is 0.478 e. The molecule has 0 aliphatic heterocycles. The van der Waals surface area contributed by atoms with E-state index < -0.39 is 11.8 Å². The SMILES string of the molecule is CCCCCCCCc1cnc(-c2ccc(-c3cc(CCCCCCCC)ccc3C(=O)O)c(F)c2)nc1. The molecule has 0 radical (unpaired) electrons. The Kier molecular flexibility index (Phi) is 12.4. The van der Waals surface area contributed by atoms with Crippen LogP contribution in [0.15, 0.2) is 48.8 Å². The van der Waals surface area contributed by atoms with Crippen molar-refractivity contribution in [3.63, 3.8) is 0 Å². The Bertz CT molecular complexity index is 1140. The van der Waals surface area contributed by atoms with E-state index in [1.807, 2.05) is 24.5 Å². The quantitative estimate of drug-likeness (QED) is 0.181. The Morgan fingerprint density at radius 3 is 1.87 bits per heavy atom. The van der Waals surface area contributed by atoms with Crippen molar-refractivity contribution in [2.45, 2.75) is 104 Å². The maximum Gasteiger partial charge on any atom is 0.336 e. The first-order valence-corrected chi connectivity index (χ1v) is 14.5. The van der Waals surface area contributed by atoms with E-state index in [0.717, 1.165) is 43.2 Å². The summed E-state index contributed by atoms with van der Waals surface area (Å²) in [5, 5.41) is 9.74. The summed E-state index contributed by atoms with van der Waals surface area (Å²) in [4.78, 5) is 20.8. The number of aromatic carboxylic acids is 1. The molecule has 3 aromatic rings. The second-order valence-corrected chi connectivity index (χ2v) is 10.3. The molecule has 204 valence electrons. The molecule has 0 fully saturated rings. The summed E-state index contributed by atoms with van der Waals surface area (Å²) in [5.74, 6) is -1.06. The lowest BCUT2D eigenvalue weighted by Crippen LogP contribution is -2.02.